The number of amides is 9. The van der Waals surface area contributed by atoms with Gasteiger partial charge < -0.3 is 72.9 Å². The first-order valence-electron chi connectivity index (χ1n) is 22.3. The number of ether oxygens (including phenoxy) is 2. The number of benzene rings is 1. The molecule has 1 aromatic rings. The highest BCUT2D eigenvalue weighted by Gasteiger charge is 2.67. The first kappa shape index (κ1) is 54.0. The van der Waals surface area contributed by atoms with Crippen LogP contribution in [0.1, 0.15) is 65.9 Å². The van der Waals surface area contributed by atoms with Gasteiger partial charge in [0.05, 0.1) is 31.7 Å². The number of likely N-dealkylation sites (N-methyl/N-ethyl adjacent to an activating group) is 2. The van der Waals surface area contributed by atoms with Crippen LogP contribution in [0.2, 0.25) is 0 Å². The Morgan fingerprint density at radius 1 is 0.868 bits per heavy atom. The number of fused-ring (bicyclic) bond motifs is 1. The topological polar surface area (TPSA) is 343 Å². The number of Topliss-reactive ketones (excluding diaryl/α,β-unsaturated/α-hetero) is 1. The van der Waals surface area contributed by atoms with E-state index < -0.39 is 114 Å². The zero-order chi connectivity index (χ0) is 50.7. The van der Waals surface area contributed by atoms with Crippen molar-refractivity contribution in [2.45, 2.75) is 90.7 Å². The van der Waals surface area contributed by atoms with Crippen LogP contribution in [0.15, 0.2) is 47.1 Å². The van der Waals surface area contributed by atoms with Gasteiger partial charge in [-0.15, -0.1) is 0 Å². The standard InChI is InChI=1S/C45H66N10O13/c1-25(2)35(53-33(59)22-50-32(58)21-49-31(57)20-46)39(62)52-30(9-8-16-48-40(47)63)38(61)51-28-12-10-27(11-13-28)23-67-41(64)54(6)17-18-55(7)42(65)68-37-34-26(3)45(14-15-45)44(5,66)36(60)29(34)19-43(37,4)24-56/h10-13,19,25,30,35,37,56,66H,8-9,14-18,20-24,46H2,1-7H3,(H,49,57)(H,50,58)(H,51,61)(H,52,62)(H,53,59)(H3,47,48,63)/t30-,35-,37+,43-,44-/m0/s1. The van der Waals surface area contributed by atoms with Gasteiger partial charge in [0, 0.05) is 56.0 Å². The summed E-state index contributed by atoms with van der Waals surface area (Å²) in [6, 6.07) is 3.32. The maximum atomic E-state index is 13.5. The average Bonchev–Trinajstić information content (AvgIpc) is 4.07. The fourth-order valence-corrected chi connectivity index (χ4v) is 8.09. The first-order chi connectivity index (χ1) is 31.9. The average molecular weight is 955 g/mol. The molecule has 9 amide bonds. The Morgan fingerprint density at radius 3 is 2.04 bits per heavy atom. The van der Waals surface area contributed by atoms with Crippen molar-refractivity contribution in [1.29, 1.82) is 0 Å². The fourth-order valence-electron chi connectivity index (χ4n) is 8.09. The molecule has 0 heterocycles. The molecule has 23 heteroatoms. The Morgan fingerprint density at radius 2 is 1.47 bits per heavy atom. The number of aliphatic hydroxyl groups is 2. The summed E-state index contributed by atoms with van der Waals surface area (Å²) in [5.74, 6) is -4.13. The van der Waals surface area contributed by atoms with Crippen molar-refractivity contribution in [1.82, 2.24) is 36.4 Å². The zero-order valence-corrected chi connectivity index (χ0v) is 39.6. The van der Waals surface area contributed by atoms with Crippen LogP contribution < -0.4 is 43.4 Å². The van der Waals surface area contributed by atoms with Crippen LogP contribution in [0.5, 0.6) is 0 Å². The lowest BCUT2D eigenvalue weighted by Gasteiger charge is -2.40. The first-order valence-corrected chi connectivity index (χ1v) is 22.3. The minimum absolute atomic E-state index is 0.0476. The molecule has 0 saturated heterocycles. The van der Waals surface area contributed by atoms with Gasteiger partial charge in [-0.2, -0.15) is 0 Å². The third-order valence-electron chi connectivity index (χ3n) is 12.6. The molecule has 1 aromatic carbocycles. The van der Waals surface area contributed by atoms with Gasteiger partial charge >= 0.3 is 18.2 Å². The molecule has 1 fully saturated rings. The smallest absolute Gasteiger partial charge is 0.410 e. The molecule has 0 bridgehead atoms. The summed E-state index contributed by atoms with van der Waals surface area (Å²) in [7, 11) is 2.98. The second-order valence-corrected chi connectivity index (χ2v) is 18.1. The molecule has 1 spiro atoms. The fraction of sp³-hybridized carbons (Fsp3) is 0.578. The summed E-state index contributed by atoms with van der Waals surface area (Å²) in [5.41, 5.74) is 9.34. The number of ketones is 1. The highest BCUT2D eigenvalue weighted by Crippen LogP contribution is 2.65. The molecule has 1 saturated carbocycles. The van der Waals surface area contributed by atoms with Gasteiger partial charge in [0.15, 0.2) is 5.78 Å². The summed E-state index contributed by atoms with van der Waals surface area (Å²) in [6.07, 6.45) is 0.711. The highest BCUT2D eigenvalue weighted by molar-refractivity contribution is 6.09. The van der Waals surface area contributed by atoms with Crippen molar-refractivity contribution in [3.63, 3.8) is 0 Å². The van der Waals surface area contributed by atoms with E-state index in [1.54, 1.807) is 51.1 Å². The number of hydrogen-bond acceptors (Lipinski definition) is 14. The van der Waals surface area contributed by atoms with Crippen LogP contribution in [0.25, 0.3) is 0 Å². The second kappa shape index (κ2) is 22.9. The number of hydrogen-bond donors (Lipinski definition) is 10. The SMILES string of the molecule is CC1=C2C(=C[C@@](C)(CO)[C@@H]2OC(=O)N(C)CCN(C)C(=O)OCc2ccc(NC(=O)[C@H](CCCNC(N)=O)NC(=O)[C@@H](NC(=O)CNC(=O)CNC(=O)CN)C(C)C)cc2)C(=O)[C@](C)(O)C12CC2. The number of carbonyl (C=O) groups excluding carboxylic acids is 9. The van der Waals surface area contributed by atoms with E-state index in [9.17, 15) is 53.4 Å². The molecule has 374 valence electrons. The van der Waals surface area contributed by atoms with E-state index in [-0.39, 0.29) is 51.2 Å². The largest absolute Gasteiger partial charge is 0.445 e. The maximum Gasteiger partial charge on any atom is 0.410 e. The highest BCUT2D eigenvalue weighted by atomic mass is 16.6. The normalized spacial score (nSPS) is 20.8. The van der Waals surface area contributed by atoms with E-state index in [1.807, 2.05) is 6.92 Å². The molecular weight excluding hydrogens is 889 g/mol. The number of urea groups is 1. The van der Waals surface area contributed by atoms with Crippen molar-refractivity contribution in [3.8, 4) is 0 Å². The Bertz CT molecular complexity index is 2170. The predicted molar refractivity (Wildman–Crippen MR) is 245 cm³/mol. The van der Waals surface area contributed by atoms with Crippen LogP contribution in [-0.4, -0.2) is 157 Å². The van der Waals surface area contributed by atoms with Crippen LogP contribution in [0, 0.1) is 16.7 Å². The lowest BCUT2D eigenvalue weighted by molar-refractivity contribution is -0.138. The lowest BCUT2D eigenvalue weighted by atomic mass is 9.67. The molecule has 0 aromatic heterocycles. The van der Waals surface area contributed by atoms with E-state index >= 15 is 0 Å². The van der Waals surface area contributed by atoms with Gasteiger partial charge in [0.2, 0.25) is 29.5 Å². The summed E-state index contributed by atoms with van der Waals surface area (Å²) in [4.78, 5) is 116. The van der Waals surface area contributed by atoms with Crippen molar-refractivity contribution in [2.75, 3.05) is 65.3 Å². The molecule has 0 radical (unpaired) electrons. The Kier molecular flexibility index (Phi) is 18.2. The molecule has 0 unspecified atom stereocenters. The molecule has 5 atom stereocenters. The quantitative estimate of drug-likeness (QED) is 0.0641. The van der Waals surface area contributed by atoms with Crippen LogP contribution in [0.3, 0.4) is 0 Å². The minimum Gasteiger partial charge on any atom is -0.445 e. The van der Waals surface area contributed by atoms with Crippen molar-refractivity contribution in [2.24, 2.45) is 28.2 Å². The van der Waals surface area contributed by atoms with Gasteiger partial charge in [-0.1, -0.05) is 37.6 Å². The molecule has 68 heavy (non-hydrogen) atoms. The number of anilines is 1. The molecule has 3 aliphatic carbocycles. The van der Waals surface area contributed by atoms with Gasteiger partial charge in [-0.25, -0.2) is 14.4 Å². The van der Waals surface area contributed by atoms with E-state index in [0.717, 1.165) is 5.57 Å². The molecular formula is C45H66N10O13. The van der Waals surface area contributed by atoms with Gasteiger partial charge in [-0.05, 0) is 70.1 Å². The van der Waals surface area contributed by atoms with E-state index in [1.165, 1.54) is 30.8 Å². The number of nitrogens with zero attached hydrogens (tertiary/aromatic N) is 2. The minimum atomic E-state index is -1.61. The summed E-state index contributed by atoms with van der Waals surface area (Å²) < 4.78 is 11.4. The Hall–Kier alpha value is -6.59. The van der Waals surface area contributed by atoms with E-state index in [2.05, 4.69) is 31.9 Å². The number of nitrogens with two attached hydrogens (primary N) is 2. The van der Waals surface area contributed by atoms with Crippen LogP contribution >= 0.6 is 0 Å². The number of nitrogens with one attached hydrogen (secondary N) is 6. The molecule has 3 aliphatic rings. The number of rotatable bonds is 22. The monoisotopic (exact) mass is 954 g/mol. The molecule has 0 aliphatic heterocycles. The van der Waals surface area contributed by atoms with Crippen LogP contribution in [0.4, 0.5) is 20.1 Å². The van der Waals surface area contributed by atoms with Crippen LogP contribution in [-0.2, 0) is 44.8 Å². The maximum absolute atomic E-state index is 13.5. The van der Waals surface area contributed by atoms with Crippen molar-refractivity contribution in [3.05, 3.63) is 52.6 Å². The Balaban J connectivity index is 1.28. The van der Waals surface area contributed by atoms with Gasteiger partial charge in [0.25, 0.3) is 0 Å². The van der Waals surface area contributed by atoms with Gasteiger partial charge in [-0.3, -0.25) is 28.8 Å². The second-order valence-electron chi connectivity index (χ2n) is 18.1. The van der Waals surface area contributed by atoms with Crippen molar-refractivity contribution < 1.29 is 62.8 Å². The third-order valence-corrected chi connectivity index (χ3v) is 12.6. The number of aliphatic hydroxyl groups excluding tert-OH is 1. The predicted octanol–water partition coefficient (Wildman–Crippen LogP) is -0.735. The Labute approximate surface area is 394 Å². The zero-order valence-electron chi connectivity index (χ0n) is 39.6. The van der Waals surface area contributed by atoms with E-state index in [4.69, 9.17) is 20.9 Å². The summed E-state index contributed by atoms with van der Waals surface area (Å²) >= 11 is 0. The number of primary amides is 1. The third kappa shape index (κ3) is 13.1. The van der Waals surface area contributed by atoms with Gasteiger partial charge in [0.1, 0.15) is 30.4 Å². The number of carbonyl (C=O) groups is 9. The molecule has 4 rings (SSSR count). The summed E-state index contributed by atoms with van der Waals surface area (Å²) in [5, 5.41) is 36.5. The summed E-state index contributed by atoms with van der Waals surface area (Å²) in [6.45, 7) is 6.81. The van der Waals surface area contributed by atoms with E-state index in [0.29, 0.717) is 29.7 Å². The molecule has 23 nitrogen and oxygen atoms in total. The lowest BCUT2D eigenvalue weighted by Crippen LogP contribution is -2.56. The molecule has 12 N–H and O–H groups in total. The van der Waals surface area contributed by atoms with Crippen molar-refractivity contribution >= 4 is 59.2 Å².